The molecule has 2 fully saturated rings. The molecule has 9 nitrogen and oxygen atoms in total. The van der Waals surface area contributed by atoms with Crippen molar-refractivity contribution in [3.63, 3.8) is 0 Å². The van der Waals surface area contributed by atoms with Crippen LogP contribution >= 0.6 is 11.3 Å². The molecule has 2 saturated heterocycles. The van der Waals surface area contributed by atoms with Gasteiger partial charge in [-0.15, -0.1) is 11.3 Å². The molecule has 0 aliphatic carbocycles. The number of amidine groups is 1. The molecular weight excluding hydrogens is 488 g/mol. The lowest BCUT2D eigenvalue weighted by Crippen LogP contribution is -2.57. The van der Waals surface area contributed by atoms with Gasteiger partial charge in [-0.3, -0.25) is 29.7 Å². The number of hydrogen-bond acceptors (Lipinski definition) is 6. The molecule has 1 atom stereocenters. The minimum Gasteiger partial charge on any atom is -0.338 e. The smallest absolute Gasteiger partial charge is 0.319 e. The van der Waals surface area contributed by atoms with Crippen molar-refractivity contribution in [3.05, 3.63) is 29.8 Å². The molecule has 0 bridgehead atoms. The minimum absolute atomic E-state index is 0.0393. The van der Waals surface area contributed by atoms with Crippen LogP contribution in [0.5, 0.6) is 0 Å². The number of likely N-dealkylation sites (tertiary alicyclic amines) is 2. The molecule has 3 aliphatic rings. The fraction of sp³-hybridized carbons (Fsp3) is 0.556. The van der Waals surface area contributed by atoms with E-state index < -0.39 is 5.54 Å². The summed E-state index contributed by atoms with van der Waals surface area (Å²) in [6, 6.07) is 7.82. The van der Waals surface area contributed by atoms with Gasteiger partial charge in [0.25, 0.3) is 11.8 Å². The Balaban J connectivity index is 1.28. The first kappa shape index (κ1) is 25.7. The standard InChI is InChI=1S/C27H36N6O3S/c1-4-28-26(36)29-23-22(20-9-6-7-10-21(20)37-23)24(34)31-15-11-19(12-16-31)32-14-8-13-27(17-32)25(35)33(5-2)18(3)30-27/h6-7,9-10,19H,4-5,8,11-17H2,1-3H3,(H2,28,29,36)/t27-/m0/s1. The van der Waals surface area contributed by atoms with Crippen molar-refractivity contribution in [2.75, 3.05) is 44.6 Å². The highest BCUT2D eigenvalue weighted by molar-refractivity contribution is 7.23. The van der Waals surface area contributed by atoms with Gasteiger partial charge < -0.3 is 10.2 Å². The third-order valence-corrected chi connectivity index (χ3v) is 8.95. The van der Waals surface area contributed by atoms with Gasteiger partial charge >= 0.3 is 6.03 Å². The number of fused-ring (bicyclic) bond motifs is 1. The lowest BCUT2D eigenvalue weighted by Gasteiger charge is -2.44. The topological polar surface area (TPSA) is 97.3 Å². The number of urea groups is 1. The lowest BCUT2D eigenvalue weighted by molar-refractivity contribution is -0.133. The summed E-state index contributed by atoms with van der Waals surface area (Å²) in [6.07, 6.45) is 3.48. The van der Waals surface area contributed by atoms with Crippen LogP contribution in [0.25, 0.3) is 10.1 Å². The van der Waals surface area contributed by atoms with Crippen molar-refractivity contribution in [2.24, 2.45) is 4.99 Å². The summed E-state index contributed by atoms with van der Waals surface area (Å²) in [5.74, 6) is 0.929. The van der Waals surface area contributed by atoms with Crippen molar-refractivity contribution in [1.29, 1.82) is 0 Å². The van der Waals surface area contributed by atoms with E-state index in [1.54, 1.807) is 0 Å². The predicted molar refractivity (Wildman–Crippen MR) is 147 cm³/mol. The first-order valence-corrected chi connectivity index (χ1v) is 14.2. The average molecular weight is 525 g/mol. The van der Waals surface area contributed by atoms with E-state index in [4.69, 9.17) is 4.99 Å². The van der Waals surface area contributed by atoms with Gasteiger partial charge in [0.15, 0.2) is 5.54 Å². The van der Waals surface area contributed by atoms with E-state index in [1.165, 1.54) is 11.3 Å². The summed E-state index contributed by atoms with van der Waals surface area (Å²) in [7, 11) is 0. The fourth-order valence-corrected chi connectivity index (χ4v) is 7.17. The van der Waals surface area contributed by atoms with Gasteiger partial charge in [-0.25, -0.2) is 4.79 Å². The number of carbonyl (C=O) groups excluding carboxylic acids is 3. The zero-order valence-corrected chi connectivity index (χ0v) is 22.7. The third kappa shape index (κ3) is 4.72. The number of rotatable bonds is 5. The summed E-state index contributed by atoms with van der Waals surface area (Å²) in [6.45, 7) is 9.88. The Kier molecular flexibility index (Phi) is 7.22. The number of benzene rings is 1. The summed E-state index contributed by atoms with van der Waals surface area (Å²) < 4.78 is 0.976. The second-order valence-electron chi connectivity index (χ2n) is 10.1. The van der Waals surface area contributed by atoms with Crippen molar-refractivity contribution < 1.29 is 14.4 Å². The van der Waals surface area contributed by atoms with E-state index in [1.807, 2.05) is 54.8 Å². The maximum atomic E-state index is 13.7. The number of amides is 4. The maximum absolute atomic E-state index is 13.7. The van der Waals surface area contributed by atoms with Crippen LogP contribution in [-0.2, 0) is 4.79 Å². The number of hydrogen-bond donors (Lipinski definition) is 2. The molecule has 4 heterocycles. The SMILES string of the molecule is CCNC(=O)Nc1sc2ccccc2c1C(=O)N1CCC(N2CCC[C@@]3(C2)N=C(C)N(CC)C3=O)CC1. The Bertz CT molecular complexity index is 1230. The second-order valence-corrected chi connectivity index (χ2v) is 11.2. The van der Waals surface area contributed by atoms with E-state index in [-0.39, 0.29) is 17.8 Å². The van der Waals surface area contributed by atoms with Crippen LogP contribution < -0.4 is 10.6 Å². The van der Waals surface area contributed by atoms with E-state index >= 15 is 0 Å². The molecule has 5 rings (SSSR count). The first-order valence-electron chi connectivity index (χ1n) is 13.3. The number of likely N-dealkylation sites (N-methyl/N-ethyl adjacent to an activating group) is 1. The van der Waals surface area contributed by atoms with E-state index in [0.717, 1.165) is 48.1 Å². The molecule has 198 valence electrons. The average Bonchev–Trinajstić information content (AvgIpc) is 3.36. The summed E-state index contributed by atoms with van der Waals surface area (Å²) in [5, 5.41) is 7.10. The van der Waals surface area contributed by atoms with Crippen LogP contribution in [0, 0.1) is 0 Å². The number of thiophene rings is 1. The predicted octanol–water partition coefficient (Wildman–Crippen LogP) is 3.76. The molecule has 1 aromatic heterocycles. The molecule has 37 heavy (non-hydrogen) atoms. The van der Waals surface area contributed by atoms with Crippen LogP contribution in [0.2, 0.25) is 0 Å². The molecule has 1 aromatic carbocycles. The molecule has 0 unspecified atom stereocenters. The molecule has 1 spiro atoms. The van der Waals surface area contributed by atoms with Crippen LogP contribution in [0.1, 0.15) is 56.8 Å². The molecule has 10 heteroatoms. The normalized spacial score (nSPS) is 23.1. The highest BCUT2D eigenvalue weighted by Crippen LogP contribution is 2.38. The van der Waals surface area contributed by atoms with E-state index in [2.05, 4.69) is 15.5 Å². The molecule has 3 aliphatic heterocycles. The highest BCUT2D eigenvalue weighted by Gasteiger charge is 2.50. The van der Waals surface area contributed by atoms with Gasteiger partial charge in [0.05, 0.1) is 5.56 Å². The molecular formula is C27H36N6O3S. The number of nitrogens with zero attached hydrogens (tertiary/aromatic N) is 4. The van der Waals surface area contributed by atoms with Gasteiger partial charge in [-0.05, 0) is 59.1 Å². The van der Waals surface area contributed by atoms with Gasteiger partial charge in [0.1, 0.15) is 10.8 Å². The number of nitrogens with one attached hydrogen (secondary N) is 2. The van der Waals surface area contributed by atoms with Crippen LogP contribution in [0.15, 0.2) is 29.3 Å². The van der Waals surface area contributed by atoms with Crippen LogP contribution in [-0.4, -0.2) is 89.2 Å². The summed E-state index contributed by atoms with van der Waals surface area (Å²) >= 11 is 1.43. The minimum atomic E-state index is -0.638. The van der Waals surface area contributed by atoms with Crippen molar-refractivity contribution in [1.82, 2.24) is 20.0 Å². The lowest BCUT2D eigenvalue weighted by atomic mass is 9.87. The fourth-order valence-electron chi connectivity index (χ4n) is 6.08. The van der Waals surface area contributed by atoms with Crippen LogP contribution in [0.4, 0.5) is 9.80 Å². The highest BCUT2D eigenvalue weighted by atomic mass is 32.1. The Hall–Kier alpha value is -2.98. The van der Waals surface area contributed by atoms with Crippen molar-refractivity contribution in [3.8, 4) is 0 Å². The Morgan fingerprint density at radius 3 is 2.62 bits per heavy atom. The first-order chi connectivity index (χ1) is 17.9. The van der Waals surface area contributed by atoms with Crippen LogP contribution in [0.3, 0.4) is 0 Å². The summed E-state index contributed by atoms with van der Waals surface area (Å²) in [5.41, 5.74) is -0.0659. The van der Waals surface area contributed by atoms with Gasteiger partial charge in [0, 0.05) is 48.9 Å². The van der Waals surface area contributed by atoms with Gasteiger partial charge in [-0.2, -0.15) is 0 Å². The largest absolute Gasteiger partial charge is 0.338 e. The molecule has 4 amide bonds. The quantitative estimate of drug-likeness (QED) is 0.622. The van der Waals surface area contributed by atoms with Gasteiger partial charge in [-0.1, -0.05) is 18.2 Å². The second kappa shape index (κ2) is 10.4. The monoisotopic (exact) mass is 524 g/mol. The molecule has 2 aromatic rings. The van der Waals surface area contributed by atoms with Gasteiger partial charge in [0.2, 0.25) is 0 Å². The molecule has 0 radical (unpaired) electrons. The zero-order chi connectivity index (χ0) is 26.2. The van der Waals surface area contributed by atoms with E-state index in [9.17, 15) is 14.4 Å². The molecule has 0 saturated carbocycles. The number of piperidine rings is 2. The Morgan fingerprint density at radius 2 is 1.92 bits per heavy atom. The number of aliphatic imine (C=N–C) groups is 1. The van der Waals surface area contributed by atoms with Crippen molar-refractivity contribution in [2.45, 2.75) is 58.0 Å². The molecule has 2 N–H and O–H groups in total. The zero-order valence-electron chi connectivity index (χ0n) is 21.9. The number of anilines is 1. The Morgan fingerprint density at radius 1 is 1.16 bits per heavy atom. The van der Waals surface area contributed by atoms with Crippen molar-refractivity contribution >= 4 is 50.1 Å². The maximum Gasteiger partial charge on any atom is 0.319 e. The van der Waals surface area contributed by atoms with E-state index in [0.29, 0.717) is 49.3 Å². The Labute approximate surface area is 221 Å². The number of carbonyl (C=O) groups is 3. The third-order valence-electron chi connectivity index (χ3n) is 7.87. The summed E-state index contributed by atoms with van der Waals surface area (Å²) in [4.78, 5) is 50.2.